The second-order valence-electron chi connectivity index (χ2n) is 6.36. The van der Waals surface area contributed by atoms with E-state index in [1.54, 1.807) is 6.92 Å². The van der Waals surface area contributed by atoms with Crippen molar-refractivity contribution in [1.82, 2.24) is 5.16 Å². The molecule has 11 heteroatoms. The summed E-state index contributed by atoms with van der Waals surface area (Å²) in [5, 5.41) is 17.4. The molecule has 0 unspecified atom stereocenters. The maximum atomic E-state index is 12.3. The molecule has 1 heterocycles. The Bertz CT molecular complexity index is 1130. The molecule has 31 heavy (non-hydrogen) atoms. The van der Waals surface area contributed by atoms with Crippen molar-refractivity contribution in [3.8, 4) is 11.5 Å². The lowest BCUT2D eigenvalue weighted by Crippen LogP contribution is -2.29. The van der Waals surface area contributed by atoms with E-state index in [4.69, 9.17) is 25.6 Å². The average Bonchev–Trinajstić information content (AvgIpc) is 3.14. The van der Waals surface area contributed by atoms with Crippen LogP contribution in [-0.2, 0) is 9.53 Å². The molecule has 0 bridgehead atoms. The van der Waals surface area contributed by atoms with Gasteiger partial charge in [0.25, 0.3) is 5.91 Å². The number of nitrogens with zero attached hydrogens (tertiary/aromatic N) is 2. The molecule has 0 radical (unpaired) electrons. The highest BCUT2D eigenvalue weighted by Crippen LogP contribution is 2.33. The smallest absolute Gasteiger partial charge is 0.338 e. The van der Waals surface area contributed by atoms with Crippen LogP contribution < -0.4 is 10.1 Å². The van der Waals surface area contributed by atoms with Gasteiger partial charge in [-0.3, -0.25) is 20.2 Å². The van der Waals surface area contributed by atoms with Crippen LogP contribution in [0.25, 0.3) is 0 Å². The monoisotopic (exact) mass is 445 g/mol. The Kier molecular flexibility index (Phi) is 6.51. The molecule has 0 saturated carbocycles. The second kappa shape index (κ2) is 9.26. The first kappa shape index (κ1) is 21.8. The number of aromatic nitrogens is 1. The highest BCUT2D eigenvalue weighted by atomic mass is 35.5. The highest BCUT2D eigenvalue weighted by Gasteiger charge is 2.21. The van der Waals surface area contributed by atoms with Gasteiger partial charge in [0.15, 0.2) is 6.10 Å². The van der Waals surface area contributed by atoms with E-state index in [1.165, 1.54) is 55.5 Å². The first-order chi connectivity index (χ1) is 14.7. The van der Waals surface area contributed by atoms with E-state index < -0.39 is 22.9 Å². The lowest BCUT2D eigenvalue weighted by molar-refractivity contribution is -0.385. The molecule has 0 aliphatic rings. The summed E-state index contributed by atoms with van der Waals surface area (Å²) >= 11 is 5.78. The number of hydrogen-bond acceptors (Lipinski definition) is 8. The van der Waals surface area contributed by atoms with Gasteiger partial charge >= 0.3 is 11.7 Å². The van der Waals surface area contributed by atoms with E-state index in [2.05, 4.69) is 10.5 Å². The Hall–Kier alpha value is -3.92. The van der Waals surface area contributed by atoms with E-state index in [9.17, 15) is 19.7 Å². The topological polar surface area (TPSA) is 134 Å². The minimum atomic E-state index is -1.09. The van der Waals surface area contributed by atoms with E-state index in [0.29, 0.717) is 5.69 Å². The molecule has 1 atom stereocenters. The van der Waals surface area contributed by atoms with Crippen molar-refractivity contribution in [2.45, 2.75) is 20.0 Å². The number of carbonyl (C=O) groups excluding carboxylic acids is 2. The number of esters is 1. The summed E-state index contributed by atoms with van der Waals surface area (Å²) in [5.74, 6) is -0.922. The Morgan fingerprint density at radius 1 is 1.19 bits per heavy atom. The average molecular weight is 446 g/mol. The van der Waals surface area contributed by atoms with Gasteiger partial charge in [0.2, 0.25) is 11.6 Å². The standard InChI is InChI=1S/C20H16ClN3O7/c1-11-9-18(31-23-11)22-19(25)12(2)29-20(26)13-3-6-15(7-4-13)30-17-8-5-14(21)10-16(17)24(27)28/h3-10,12H,1-2H3,(H,22,25)/t12-/m1/s1. The predicted octanol–water partition coefficient (Wildman–Crippen LogP) is 4.52. The zero-order valence-electron chi connectivity index (χ0n) is 16.3. The Morgan fingerprint density at radius 3 is 2.52 bits per heavy atom. The van der Waals surface area contributed by atoms with Crippen LogP contribution in [0.1, 0.15) is 23.0 Å². The summed E-state index contributed by atoms with van der Waals surface area (Å²) in [6.07, 6.45) is -1.09. The van der Waals surface area contributed by atoms with Crippen molar-refractivity contribution in [2.24, 2.45) is 0 Å². The zero-order chi connectivity index (χ0) is 22.5. The number of hydrogen-bond donors (Lipinski definition) is 1. The Labute approximate surface area is 180 Å². The van der Waals surface area contributed by atoms with Gasteiger partial charge in [-0.2, -0.15) is 0 Å². The van der Waals surface area contributed by atoms with Crippen LogP contribution in [0.5, 0.6) is 11.5 Å². The fraction of sp³-hybridized carbons (Fsp3) is 0.150. The van der Waals surface area contributed by atoms with Crippen LogP contribution in [0.2, 0.25) is 5.02 Å². The number of halogens is 1. The van der Waals surface area contributed by atoms with Gasteiger partial charge in [-0.1, -0.05) is 16.8 Å². The van der Waals surface area contributed by atoms with Crippen molar-refractivity contribution < 1.29 is 28.5 Å². The number of nitro groups is 1. The second-order valence-corrected chi connectivity index (χ2v) is 6.80. The van der Waals surface area contributed by atoms with Crippen molar-refractivity contribution in [3.05, 3.63) is 74.9 Å². The van der Waals surface area contributed by atoms with Crippen LogP contribution in [0.4, 0.5) is 11.6 Å². The van der Waals surface area contributed by atoms with E-state index in [1.807, 2.05) is 0 Å². The van der Waals surface area contributed by atoms with Gasteiger partial charge in [0.05, 0.1) is 16.2 Å². The fourth-order valence-electron chi connectivity index (χ4n) is 2.43. The first-order valence-electron chi connectivity index (χ1n) is 8.90. The molecule has 1 N–H and O–H groups in total. The molecular formula is C20H16ClN3O7. The lowest BCUT2D eigenvalue weighted by atomic mass is 10.2. The number of nitro benzene ring substituents is 1. The molecule has 1 aromatic heterocycles. The quantitative estimate of drug-likeness (QED) is 0.318. The van der Waals surface area contributed by atoms with Gasteiger partial charge in [0.1, 0.15) is 5.75 Å². The van der Waals surface area contributed by atoms with E-state index in [0.717, 1.165) is 0 Å². The molecule has 3 rings (SSSR count). The van der Waals surface area contributed by atoms with Gasteiger partial charge in [-0.25, -0.2) is 4.79 Å². The molecule has 2 aromatic carbocycles. The normalized spacial score (nSPS) is 11.5. The molecule has 0 fully saturated rings. The largest absolute Gasteiger partial charge is 0.450 e. The number of anilines is 1. The SMILES string of the molecule is Cc1cc(NC(=O)[C@@H](C)OC(=O)c2ccc(Oc3ccc(Cl)cc3[N+](=O)[O-])cc2)on1. The maximum absolute atomic E-state index is 12.3. The number of amides is 1. The summed E-state index contributed by atoms with van der Waals surface area (Å²) in [6.45, 7) is 3.11. The zero-order valence-corrected chi connectivity index (χ0v) is 17.1. The van der Waals surface area contributed by atoms with E-state index in [-0.39, 0.29) is 33.7 Å². The third kappa shape index (κ3) is 5.58. The summed E-state index contributed by atoms with van der Waals surface area (Å²) in [5.41, 5.74) is 0.456. The number of aryl methyl sites for hydroxylation is 1. The van der Waals surface area contributed by atoms with E-state index >= 15 is 0 Å². The van der Waals surface area contributed by atoms with Crippen molar-refractivity contribution in [2.75, 3.05) is 5.32 Å². The molecule has 0 spiro atoms. The molecular weight excluding hydrogens is 430 g/mol. The van der Waals surface area contributed by atoms with Gasteiger partial charge in [0, 0.05) is 17.2 Å². The minimum absolute atomic E-state index is 0.00216. The minimum Gasteiger partial charge on any atom is -0.450 e. The van der Waals surface area contributed by atoms with Crippen molar-refractivity contribution in [1.29, 1.82) is 0 Å². The fourth-order valence-corrected chi connectivity index (χ4v) is 2.60. The van der Waals surface area contributed by atoms with Crippen LogP contribution in [0.3, 0.4) is 0 Å². The van der Waals surface area contributed by atoms with Crippen LogP contribution in [0.15, 0.2) is 53.1 Å². The van der Waals surface area contributed by atoms with Crippen molar-refractivity contribution >= 4 is 35.0 Å². The molecule has 0 saturated heterocycles. The highest BCUT2D eigenvalue weighted by molar-refractivity contribution is 6.30. The maximum Gasteiger partial charge on any atom is 0.338 e. The summed E-state index contributed by atoms with van der Waals surface area (Å²) < 4.78 is 15.5. The summed E-state index contributed by atoms with van der Waals surface area (Å²) in [4.78, 5) is 34.9. The summed E-state index contributed by atoms with van der Waals surface area (Å²) in [7, 11) is 0. The van der Waals surface area contributed by atoms with Gasteiger partial charge in [-0.15, -0.1) is 0 Å². The van der Waals surface area contributed by atoms with Crippen LogP contribution >= 0.6 is 11.6 Å². The van der Waals surface area contributed by atoms with Gasteiger partial charge < -0.3 is 14.0 Å². The summed E-state index contributed by atoms with van der Waals surface area (Å²) in [6, 6.07) is 11.2. The Balaban J connectivity index is 1.62. The number of rotatable bonds is 7. The lowest BCUT2D eigenvalue weighted by Gasteiger charge is -2.12. The van der Waals surface area contributed by atoms with Crippen LogP contribution in [-0.4, -0.2) is 28.1 Å². The molecule has 10 nitrogen and oxygen atoms in total. The molecule has 1 amide bonds. The molecule has 160 valence electrons. The number of carbonyl (C=O) groups is 2. The van der Waals surface area contributed by atoms with Crippen LogP contribution in [0, 0.1) is 17.0 Å². The number of nitrogens with one attached hydrogen (secondary N) is 1. The number of benzene rings is 2. The molecule has 3 aromatic rings. The third-order valence-electron chi connectivity index (χ3n) is 3.96. The predicted molar refractivity (Wildman–Crippen MR) is 109 cm³/mol. The number of ether oxygens (including phenoxy) is 2. The van der Waals surface area contributed by atoms with Gasteiger partial charge in [-0.05, 0) is 50.2 Å². The third-order valence-corrected chi connectivity index (χ3v) is 4.20. The Morgan fingerprint density at radius 2 is 1.90 bits per heavy atom. The first-order valence-corrected chi connectivity index (χ1v) is 9.28. The van der Waals surface area contributed by atoms with Crippen molar-refractivity contribution in [3.63, 3.8) is 0 Å². The molecule has 0 aliphatic carbocycles. The molecule has 0 aliphatic heterocycles.